The van der Waals surface area contributed by atoms with Gasteiger partial charge in [-0.3, -0.25) is 14.6 Å². The van der Waals surface area contributed by atoms with E-state index in [0.717, 1.165) is 12.0 Å². The third-order valence-electron chi connectivity index (χ3n) is 4.10. The van der Waals surface area contributed by atoms with Crippen molar-refractivity contribution in [2.75, 3.05) is 6.54 Å². The summed E-state index contributed by atoms with van der Waals surface area (Å²) in [5, 5.41) is 5.73. The Bertz CT molecular complexity index is 896. The van der Waals surface area contributed by atoms with Gasteiger partial charge in [0.05, 0.1) is 0 Å². The van der Waals surface area contributed by atoms with E-state index in [1.54, 1.807) is 36.7 Å². The number of pyridine rings is 1. The summed E-state index contributed by atoms with van der Waals surface area (Å²) in [4.78, 5) is 28.7. The predicted molar refractivity (Wildman–Crippen MR) is 104 cm³/mol. The average molecular weight is 359 g/mol. The van der Waals surface area contributed by atoms with Gasteiger partial charge >= 0.3 is 0 Å². The minimum absolute atomic E-state index is 0.187. The summed E-state index contributed by atoms with van der Waals surface area (Å²) >= 11 is 0. The first kappa shape index (κ1) is 18.3. The molecule has 0 unspecified atom stereocenters. The third-order valence-corrected chi connectivity index (χ3v) is 4.10. The van der Waals surface area contributed by atoms with Crippen LogP contribution in [0.4, 0.5) is 0 Å². The molecule has 0 saturated carbocycles. The summed E-state index contributed by atoms with van der Waals surface area (Å²) in [5.74, 6) is -0.411. The van der Waals surface area contributed by atoms with Crippen LogP contribution in [0.1, 0.15) is 31.8 Å². The second-order valence-electron chi connectivity index (χ2n) is 6.12. The molecule has 1 aromatic heterocycles. The Morgan fingerprint density at radius 1 is 0.778 bits per heavy atom. The zero-order valence-electron chi connectivity index (χ0n) is 14.9. The molecule has 3 rings (SSSR count). The molecule has 136 valence electrons. The lowest BCUT2D eigenvalue weighted by molar-refractivity contribution is 0.0950. The minimum atomic E-state index is -0.224. The molecule has 0 spiro atoms. The summed E-state index contributed by atoms with van der Waals surface area (Å²) in [6, 6.07) is 20.4. The van der Waals surface area contributed by atoms with E-state index in [9.17, 15) is 9.59 Å². The Morgan fingerprint density at radius 3 is 2.19 bits per heavy atom. The first-order valence-electron chi connectivity index (χ1n) is 8.81. The van der Waals surface area contributed by atoms with Gasteiger partial charge in [0, 0.05) is 36.6 Å². The second-order valence-corrected chi connectivity index (χ2v) is 6.12. The van der Waals surface area contributed by atoms with E-state index in [0.29, 0.717) is 24.2 Å². The van der Waals surface area contributed by atoms with Gasteiger partial charge in [0.15, 0.2) is 0 Å². The van der Waals surface area contributed by atoms with E-state index in [1.165, 1.54) is 5.56 Å². The predicted octanol–water partition coefficient (Wildman–Crippen LogP) is 2.98. The molecular formula is C22H21N3O2. The minimum Gasteiger partial charge on any atom is -0.352 e. The van der Waals surface area contributed by atoms with E-state index in [2.05, 4.69) is 15.6 Å². The van der Waals surface area contributed by atoms with Gasteiger partial charge in [-0.2, -0.15) is 0 Å². The molecule has 0 atom stereocenters. The number of carbonyl (C=O) groups excluding carboxylic acids is 2. The van der Waals surface area contributed by atoms with Crippen LogP contribution in [-0.2, 0) is 13.0 Å². The van der Waals surface area contributed by atoms with Gasteiger partial charge in [-0.15, -0.1) is 0 Å². The molecule has 0 bridgehead atoms. The van der Waals surface area contributed by atoms with E-state index in [4.69, 9.17) is 0 Å². The highest BCUT2D eigenvalue weighted by Gasteiger charge is 2.10. The Labute approximate surface area is 158 Å². The van der Waals surface area contributed by atoms with Crippen molar-refractivity contribution in [2.24, 2.45) is 0 Å². The van der Waals surface area contributed by atoms with Crippen LogP contribution in [0.25, 0.3) is 0 Å². The van der Waals surface area contributed by atoms with E-state index in [1.807, 2.05) is 42.5 Å². The smallest absolute Gasteiger partial charge is 0.251 e. The van der Waals surface area contributed by atoms with Gasteiger partial charge in [0.2, 0.25) is 0 Å². The fraction of sp³-hybridized carbons (Fsp3) is 0.136. The van der Waals surface area contributed by atoms with E-state index < -0.39 is 0 Å². The van der Waals surface area contributed by atoms with Gasteiger partial charge in [-0.25, -0.2) is 0 Å². The molecular weight excluding hydrogens is 338 g/mol. The van der Waals surface area contributed by atoms with Gasteiger partial charge in [0.1, 0.15) is 0 Å². The SMILES string of the molecule is O=C(NCCc1ccccc1)c1cccc(C(=O)NCc2cccnc2)c1. The average Bonchev–Trinajstić information content (AvgIpc) is 2.73. The number of rotatable bonds is 7. The highest BCUT2D eigenvalue weighted by Crippen LogP contribution is 2.07. The first-order chi connectivity index (χ1) is 13.2. The van der Waals surface area contributed by atoms with Crippen LogP contribution in [0.3, 0.4) is 0 Å². The molecule has 2 N–H and O–H groups in total. The van der Waals surface area contributed by atoms with Gasteiger partial charge < -0.3 is 10.6 Å². The molecule has 0 aliphatic rings. The zero-order chi connectivity index (χ0) is 18.9. The van der Waals surface area contributed by atoms with E-state index >= 15 is 0 Å². The Hall–Kier alpha value is -3.47. The van der Waals surface area contributed by atoms with Crippen molar-refractivity contribution in [3.05, 3.63) is 101 Å². The molecule has 27 heavy (non-hydrogen) atoms. The molecule has 3 aromatic rings. The Morgan fingerprint density at radius 2 is 1.48 bits per heavy atom. The maximum Gasteiger partial charge on any atom is 0.251 e. The van der Waals surface area contributed by atoms with Crippen LogP contribution < -0.4 is 10.6 Å². The van der Waals surface area contributed by atoms with Gasteiger partial charge in [0.25, 0.3) is 11.8 Å². The number of benzene rings is 2. The fourth-order valence-electron chi connectivity index (χ4n) is 2.66. The number of hydrogen-bond donors (Lipinski definition) is 2. The quantitative estimate of drug-likeness (QED) is 0.681. The fourth-order valence-corrected chi connectivity index (χ4v) is 2.66. The van der Waals surface area contributed by atoms with Crippen molar-refractivity contribution in [2.45, 2.75) is 13.0 Å². The van der Waals surface area contributed by atoms with Crippen molar-refractivity contribution >= 4 is 11.8 Å². The summed E-state index contributed by atoms with van der Waals surface area (Å²) in [5.41, 5.74) is 3.01. The number of amides is 2. The number of nitrogens with one attached hydrogen (secondary N) is 2. The lowest BCUT2D eigenvalue weighted by atomic mass is 10.1. The van der Waals surface area contributed by atoms with E-state index in [-0.39, 0.29) is 11.8 Å². The van der Waals surface area contributed by atoms with Crippen molar-refractivity contribution in [3.63, 3.8) is 0 Å². The lowest BCUT2D eigenvalue weighted by Gasteiger charge is -2.08. The maximum absolute atomic E-state index is 12.3. The highest BCUT2D eigenvalue weighted by atomic mass is 16.2. The first-order valence-corrected chi connectivity index (χ1v) is 8.81. The van der Waals surface area contributed by atoms with Gasteiger partial charge in [-0.05, 0) is 41.8 Å². The monoisotopic (exact) mass is 359 g/mol. The standard InChI is InChI=1S/C22H21N3O2/c26-21(24-13-11-17-6-2-1-3-7-17)19-9-4-10-20(14-19)22(27)25-16-18-8-5-12-23-15-18/h1-10,12,14-15H,11,13,16H2,(H,24,26)(H,25,27). The molecule has 1 heterocycles. The van der Waals surface area contributed by atoms with Crippen LogP contribution in [-0.4, -0.2) is 23.3 Å². The van der Waals surface area contributed by atoms with Crippen molar-refractivity contribution < 1.29 is 9.59 Å². The molecule has 0 fully saturated rings. The second kappa shape index (κ2) is 9.29. The molecule has 5 heteroatoms. The molecule has 0 aliphatic carbocycles. The van der Waals surface area contributed by atoms with Crippen molar-refractivity contribution in [3.8, 4) is 0 Å². The number of nitrogens with zero attached hydrogens (tertiary/aromatic N) is 1. The number of hydrogen-bond acceptors (Lipinski definition) is 3. The van der Waals surface area contributed by atoms with Crippen LogP contribution in [0.5, 0.6) is 0 Å². The zero-order valence-corrected chi connectivity index (χ0v) is 14.9. The van der Waals surface area contributed by atoms with Crippen LogP contribution in [0.15, 0.2) is 79.1 Å². The normalized spacial score (nSPS) is 10.2. The molecule has 2 aromatic carbocycles. The molecule has 0 aliphatic heterocycles. The molecule has 0 saturated heterocycles. The molecule has 5 nitrogen and oxygen atoms in total. The van der Waals surface area contributed by atoms with Crippen LogP contribution in [0, 0.1) is 0 Å². The summed E-state index contributed by atoms with van der Waals surface area (Å²) in [7, 11) is 0. The third kappa shape index (κ3) is 5.51. The van der Waals surface area contributed by atoms with Crippen LogP contribution in [0.2, 0.25) is 0 Å². The summed E-state index contributed by atoms with van der Waals surface area (Å²) in [6.07, 6.45) is 4.15. The van der Waals surface area contributed by atoms with Gasteiger partial charge in [-0.1, -0.05) is 42.5 Å². The van der Waals surface area contributed by atoms with Crippen LogP contribution >= 0.6 is 0 Å². The molecule has 0 radical (unpaired) electrons. The Kier molecular flexibility index (Phi) is 6.30. The number of carbonyl (C=O) groups is 2. The molecule has 2 amide bonds. The van der Waals surface area contributed by atoms with Crippen molar-refractivity contribution in [1.82, 2.24) is 15.6 Å². The maximum atomic E-state index is 12.3. The number of aromatic nitrogens is 1. The summed E-state index contributed by atoms with van der Waals surface area (Å²) in [6.45, 7) is 0.931. The summed E-state index contributed by atoms with van der Waals surface area (Å²) < 4.78 is 0. The Balaban J connectivity index is 1.54. The topological polar surface area (TPSA) is 71.1 Å². The highest BCUT2D eigenvalue weighted by molar-refractivity contribution is 5.99. The largest absolute Gasteiger partial charge is 0.352 e. The van der Waals surface area contributed by atoms with Crippen molar-refractivity contribution in [1.29, 1.82) is 0 Å². The lowest BCUT2D eigenvalue weighted by Crippen LogP contribution is -2.27.